The van der Waals surface area contributed by atoms with Crippen molar-refractivity contribution in [3.8, 4) is 0 Å². The molecule has 0 bridgehead atoms. The summed E-state index contributed by atoms with van der Waals surface area (Å²) in [6.45, 7) is 0.969. The van der Waals surface area contributed by atoms with Gasteiger partial charge >= 0.3 is 5.97 Å². The van der Waals surface area contributed by atoms with Crippen molar-refractivity contribution in [2.45, 2.75) is 12.8 Å². The highest BCUT2D eigenvalue weighted by atomic mass is 35.5. The smallest absolute Gasteiger partial charge is 0.343 e. The summed E-state index contributed by atoms with van der Waals surface area (Å²) >= 11 is 5.73. The minimum atomic E-state index is -0.921. The van der Waals surface area contributed by atoms with Gasteiger partial charge in [-0.05, 0) is 25.0 Å². The summed E-state index contributed by atoms with van der Waals surface area (Å²) in [5.41, 5.74) is -0.335. The molecule has 2 rings (SSSR count). The molecule has 1 fully saturated rings. The van der Waals surface area contributed by atoms with Gasteiger partial charge in [-0.25, -0.2) is 9.18 Å². The maximum absolute atomic E-state index is 13.4. The number of hydrogen-bond acceptors (Lipinski definition) is 3. The van der Waals surface area contributed by atoms with Crippen molar-refractivity contribution in [2.75, 3.05) is 19.7 Å². The molecule has 0 radical (unpaired) electrons. The second kappa shape index (κ2) is 6.02. The number of ether oxygens (including phenoxy) is 1. The van der Waals surface area contributed by atoms with Crippen LogP contribution in [0.3, 0.4) is 0 Å². The first-order valence-corrected chi connectivity index (χ1v) is 6.36. The van der Waals surface area contributed by atoms with Crippen LogP contribution in [0.4, 0.5) is 4.39 Å². The predicted octanol–water partition coefficient (Wildman–Crippen LogP) is 2.26. The summed E-state index contributed by atoms with van der Waals surface area (Å²) in [6.07, 6.45) is 1.91. The third-order valence-corrected chi connectivity index (χ3v) is 3.27. The Morgan fingerprint density at radius 2 is 2.00 bits per heavy atom. The van der Waals surface area contributed by atoms with Crippen molar-refractivity contribution in [3.05, 3.63) is 34.6 Å². The molecule has 1 aliphatic heterocycles. The number of halogens is 2. The lowest BCUT2D eigenvalue weighted by Gasteiger charge is -2.15. The van der Waals surface area contributed by atoms with Crippen LogP contribution in [0.15, 0.2) is 18.2 Å². The number of carbonyl (C=O) groups is 2. The van der Waals surface area contributed by atoms with Crippen molar-refractivity contribution in [1.29, 1.82) is 0 Å². The Kier molecular flexibility index (Phi) is 4.37. The molecule has 1 saturated heterocycles. The zero-order chi connectivity index (χ0) is 13.8. The third-order valence-electron chi connectivity index (χ3n) is 2.95. The molecule has 1 aromatic rings. The van der Waals surface area contributed by atoms with Gasteiger partial charge in [-0.2, -0.15) is 0 Å². The van der Waals surface area contributed by atoms with E-state index in [9.17, 15) is 14.0 Å². The minimum absolute atomic E-state index is 0.0291. The Hall–Kier alpha value is -1.62. The van der Waals surface area contributed by atoms with E-state index in [1.807, 2.05) is 0 Å². The van der Waals surface area contributed by atoms with Crippen LogP contribution >= 0.6 is 11.6 Å². The molecular weight excluding hydrogens is 273 g/mol. The molecule has 1 aliphatic rings. The highest BCUT2D eigenvalue weighted by Crippen LogP contribution is 2.19. The van der Waals surface area contributed by atoms with E-state index in [1.54, 1.807) is 4.90 Å². The van der Waals surface area contributed by atoms with Crippen LogP contribution in [0.5, 0.6) is 0 Å². The summed E-state index contributed by atoms with van der Waals surface area (Å²) in [6, 6.07) is 3.90. The summed E-state index contributed by atoms with van der Waals surface area (Å²) in [7, 11) is 0. The van der Waals surface area contributed by atoms with Crippen molar-refractivity contribution >= 4 is 23.5 Å². The SMILES string of the molecule is O=C(OCC(=O)N1CCCC1)c1c(F)cccc1Cl. The Bertz CT molecular complexity index is 480. The van der Waals surface area contributed by atoms with E-state index in [0.29, 0.717) is 13.1 Å². The average molecular weight is 286 g/mol. The molecule has 0 atom stereocenters. The van der Waals surface area contributed by atoms with Crippen LogP contribution in [0, 0.1) is 5.82 Å². The number of amides is 1. The fourth-order valence-electron chi connectivity index (χ4n) is 1.95. The highest BCUT2D eigenvalue weighted by molar-refractivity contribution is 6.33. The topological polar surface area (TPSA) is 46.6 Å². The Balaban J connectivity index is 1.96. The molecule has 0 saturated carbocycles. The number of likely N-dealkylation sites (tertiary alicyclic amines) is 1. The Morgan fingerprint density at radius 3 is 2.63 bits per heavy atom. The van der Waals surface area contributed by atoms with E-state index in [1.165, 1.54) is 12.1 Å². The predicted molar refractivity (Wildman–Crippen MR) is 67.5 cm³/mol. The van der Waals surface area contributed by atoms with Crippen molar-refractivity contribution in [3.63, 3.8) is 0 Å². The fraction of sp³-hybridized carbons (Fsp3) is 0.385. The first-order valence-electron chi connectivity index (χ1n) is 5.98. The quantitative estimate of drug-likeness (QED) is 0.800. The summed E-state index contributed by atoms with van der Waals surface area (Å²) in [5, 5.41) is -0.0291. The van der Waals surface area contributed by atoms with Gasteiger partial charge in [0.05, 0.1) is 5.02 Å². The number of nitrogens with zero attached hydrogens (tertiary/aromatic N) is 1. The van der Waals surface area contributed by atoms with E-state index in [0.717, 1.165) is 18.9 Å². The van der Waals surface area contributed by atoms with E-state index in [-0.39, 0.29) is 23.1 Å². The largest absolute Gasteiger partial charge is 0.452 e. The number of benzene rings is 1. The molecule has 1 heterocycles. The Labute approximate surface area is 115 Å². The first-order chi connectivity index (χ1) is 9.09. The molecule has 6 heteroatoms. The zero-order valence-electron chi connectivity index (χ0n) is 10.2. The molecule has 0 aliphatic carbocycles. The molecule has 0 unspecified atom stereocenters. The van der Waals surface area contributed by atoms with Crippen LogP contribution in [-0.4, -0.2) is 36.5 Å². The number of carbonyl (C=O) groups excluding carboxylic acids is 2. The zero-order valence-corrected chi connectivity index (χ0v) is 11.0. The van der Waals surface area contributed by atoms with Gasteiger partial charge in [-0.3, -0.25) is 4.79 Å². The summed E-state index contributed by atoms with van der Waals surface area (Å²) < 4.78 is 18.3. The molecule has 0 spiro atoms. The Morgan fingerprint density at radius 1 is 1.32 bits per heavy atom. The van der Waals surface area contributed by atoms with Crippen LogP contribution in [-0.2, 0) is 9.53 Å². The second-order valence-corrected chi connectivity index (χ2v) is 4.67. The molecule has 1 aromatic carbocycles. The van der Waals surface area contributed by atoms with E-state index >= 15 is 0 Å². The number of esters is 1. The standard InChI is InChI=1S/C13H13ClFNO3/c14-9-4-3-5-10(15)12(9)13(18)19-8-11(17)16-6-1-2-7-16/h3-5H,1-2,6-8H2. The van der Waals surface area contributed by atoms with Gasteiger partial charge < -0.3 is 9.64 Å². The average Bonchev–Trinajstić information content (AvgIpc) is 2.89. The van der Waals surface area contributed by atoms with Crippen LogP contribution in [0.25, 0.3) is 0 Å². The van der Waals surface area contributed by atoms with Gasteiger partial charge in [0.1, 0.15) is 11.4 Å². The third kappa shape index (κ3) is 3.23. The van der Waals surface area contributed by atoms with Crippen LogP contribution < -0.4 is 0 Å². The number of rotatable bonds is 3. The van der Waals surface area contributed by atoms with Gasteiger partial charge in [0.15, 0.2) is 6.61 Å². The van der Waals surface area contributed by atoms with Gasteiger partial charge in [-0.1, -0.05) is 17.7 Å². The van der Waals surface area contributed by atoms with Crippen LogP contribution in [0.2, 0.25) is 5.02 Å². The van der Waals surface area contributed by atoms with Crippen LogP contribution in [0.1, 0.15) is 23.2 Å². The van der Waals surface area contributed by atoms with E-state index in [2.05, 4.69) is 0 Å². The van der Waals surface area contributed by atoms with Gasteiger partial charge in [0.2, 0.25) is 0 Å². The molecule has 1 amide bonds. The fourth-order valence-corrected chi connectivity index (χ4v) is 2.19. The minimum Gasteiger partial charge on any atom is -0.452 e. The molecule has 0 N–H and O–H groups in total. The lowest BCUT2D eigenvalue weighted by Crippen LogP contribution is -2.32. The van der Waals surface area contributed by atoms with Crippen molar-refractivity contribution in [1.82, 2.24) is 4.90 Å². The van der Waals surface area contributed by atoms with Gasteiger partial charge in [-0.15, -0.1) is 0 Å². The second-order valence-electron chi connectivity index (χ2n) is 4.26. The summed E-state index contributed by atoms with van der Waals surface area (Å²) in [4.78, 5) is 25.0. The number of hydrogen-bond donors (Lipinski definition) is 0. The molecule has 102 valence electrons. The highest BCUT2D eigenvalue weighted by Gasteiger charge is 2.22. The van der Waals surface area contributed by atoms with E-state index < -0.39 is 11.8 Å². The summed E-state index contributed by atoms with van der Waals surface area (Å²) in [5.74, 6) is -1.94. The van der Waals surface area contributed by atoms with Crippen molar-refractivity contribution < 1.29 is 18.7 Å². The maximum Gasteiger partial charge on any atom is 0.343 e. The van der Waals surface area contributed by atoms with Crippen molar-refractivity contribution in [2.24, 2.45) is 0 Å². The first kappa shape index (κ1) is 13.8. The lowest BCUT2D eigenvalue weighted by atomic mass is 10.2. The molecule has 19 heavy (non-hydrogen) atoms. The molecular formula is C13H13ClFNO3. The molecule has 0 aromatic heterocycles. The van der Waals surface area contributed by atoms with Gasteiger partial charge in [0.25, 0.3) is 5.91 Å². The van der Waals surface area contributed by atoms with E-state index in [4.69, 9.17) is 16.3 Å². The monoisotopic (exact) mass is 285 g/mol. The maximum atomic E-state index is 13.4. The molecule has 4 nitrogen and oxygen atoms in total. The lowest BCUT2D eigenvalue weighted by molar-refractivity contribution is -0.133. The van der Waals surface area contributed by atoms with Gasteiger partial charge in [0, 0.05) is 13.1 Å². The normalized spacial score (nSPS) is 14.5.